The molecule has 0 aliphatic carbocycles. The Morgan fingerprint density at radius 3 is 2.88 bits per heavy atom. The molecule has 4 heteroatoms. The number of aromatic nitrogens is 2. The van der Waals surface area contributed by atoms with Crippen molar-refractivity contribution in [2.45, 2.75) is 13.0 Å². The Kier molecular flexibility index (Phi) is 3.93. The van der Waals surface area contributed by atoms with Crippen molar-refractivity contribution in [2.75, 3.05) is 6.67 Å². The van der Waals surface area contributed by atoms with Gasteiger partial charge in [-0.25, -0.2) is 0 Å². The molecule has 1 aromatic carbocycles. The predicted molar refractivity (Wildman–Crippen MR) is 71.0 cm³/mol. The highest BCUT2D eigenvalue weighted by Gasteiger charge is 2.04. The van der Waals surface area contributed by atoms with Gasteiger partial charge in [0, 0.05) is 21.9 Å². The molecule has 16 heavy (non-hydrogen) atoms. The predicted octanol–water partition coefficient (Wildman–Crippen LogP) is 3.51. The average molecular weight is 330 g/mol. The second kappa shape index (κ2) is 5.43. The van der Waals surface area contributed by atoms with Gasteiger partial charge in [-0.15, -0.1) is 0 Å². The molecule has 2 aromatic rings. The number of nitrogens with zero attached hydrogens (tertiary/aromatic N) is 2. The molecule has 0 radical (unpaired) electrons. The third-order valence-electron chi connectivity index (χ3n) is 2.34. The minimum Gasteiger partial charge on any atom is -0.272 e. The molecule has 0 unspecified atom stereocenters. The molecule has 0 saturated heterocycles. The summed E-state index contributed by atoms with van der Waals surface area (Å²) in [5.41, 5.74) is 2.26. The molecule has 84 valence electrons. The van der Waals surface area contributed by atoms with E-state index in [9.17, 15) is 4.39 Å². The first kappa shape index (κ1) is 11.6. The van der Waals surface area contributed by atoms with Crippen LogP contribution in [0, 0.1) is 3.57 Å². The normalized spacial score (nSPS) is 10.6. The van der Waals surface area contributed by atoms with Crippen molar-refractivity contribution in [1.29, 1.82) is 0 Å². The van der Waals surface area contributed by atoms with Crippen molar-refractivity contribution in [3.8, 4) is 11.1 Å². The maximum atomic E-state index is 12.0. The van der Waals surface area contributed by atoms with Crippen LogP contribution in [0.4, 0.5) is 4.39 Å². The van der Waals surface area contributed by atoms with Gasteiger partial charge in [-0.05, 0) is 40.6 Å². The van der Waals surface area contributed by atoms with Crippen LogP contribution >= 0.6 is 22.6 Å². The van der Waals surface area contributed by atoms with Crippen LogP contribution in [-0.4, -0.2) is 16.5 Å². The first-order valence-electron chi connectivity index (χ1n) is 5.14. The molecule has 0 saturated carbocycles. The Morgan fingerprint density at radius 1 is 1.31 bits per heavy atom. The fourth-order valence-corrected chi connectivity index (χ4v) is 2.24. The van der Waals surface area contributed by atoms with E-state index in [1.54, 1.807) is 4.68 Å². The van der Waals surface area contributed by atoms with Crippen molar-refractivity contribution < 1.29 is 4.39 Å². The summed E-state index contributed by atoms with van der Waals surface area (Å²) in [6.07, 6.45) is 4.32. The van der Waals surface area contributed by atoms with Crippen molar-refractivity contribution in [3.63, 3.8) is 0 Å². The molecule has 0 fully saturated rings. The zero-order valence-electron chi connectivity index (χ0n) is 8.74. The summed E-state index contributed by atoms with van der Waals surface area (Å²) in [4.78, 5) is 0. The van der Waals surface area contributed by atoms with Crippen LogP contribution in [0.2, 0.25) is 0 Å². The van der Waals surface area contributed by atoms with Gasteiger partial charge in [-0.1, -0.05) is 18.2 Å². The second-order valence-electron chi connectivity index (χ2n) is 3.51. The van der Waals surface area contributed by atoms with Crippen LogP contribution in [0.1, 0.15) is 6.42 Å². The van der Waals surface area contributed by atoms with Crippen LogP contribution in [0.15, 0.2) is 36.7 Å². The van der Waals surface area contributed by atoms with Crippen molar-refractivity contribution in [1.82, 2.24) is 9.78 Å². The van der Waals surface area contributed by atoms with Crippen LogP contribution in [0.5, 0.6) is 0 Å². The number of hydrogen-bond acceptors (Lipinski definition) is 1. The quantitative estimate of drug-likeness (QED) is 0.785. The molecular formula is C12H12FIN2. The minimum atomic E-state index is -0.294. The number of alkyl halides is 1. The standard InChI is InChI=1S/C12H12FIN2/c13-6-3-7-16-9-10(8-15-16)11-4-1-2-5-12(11)14/h1-2,4-5,8-9H,3,6-7H2. The summed E-state index contributed by atoms with van der Waals surface area (Å²) >= 11 is 2.30. The number of benzene rings is 1. The number of rotatable bonds is 4. The van der Waals surface area contributed by atoms with Gasteiger partial charge < -0.3 is 0 Å². The summed E-state index contributed by atoms with van der Waals surface area (Å²) < 4.78 is 15.0. The Morgan fingerprint density at radius 2 is 2.12 bits per heavy atom. The Labute approximate surface area is 108 Å². The fourth-order valence-electron chi connectivity index (χ4n) is 1.54. The van der Waals surface area contributed by atoms with Crippen LogP contribution in [0.25, 0.3) is 11.1 Å². The minimum absolute atomic E-state index is 0.294. The molecule has 0 atom stereocenters. The zero-order valence-corrected chi connectivity index (χ0v) is 10.9. The third-order valence-corrected chi connectivity index (χ3v) is 3.28. The summed E-state index contributed by atoms with van der Waals surface area (Å²) in [6.45, 7) is 0.345. The largest absolute Gasteiger partial charge is 0.272 e. The van der Waals surface area contributed by atoms with Gasteiger partial charge in [-0.2, -0.15) is 5.10 Å². The summed E-state index contributed by atoms with van der Waals surface area (Å²) in [6, 6.07) is 8.16. The molecular weight excluding hydrogens is 318 g/mol. The van der Waals surface area contributed by atoms with E-state index in [0.29, 0.717) is 13.0 Å². The van der Waals surface area contributed by atoms with E-state index in [0.717, 1.165) is 5.56 Å². The zero-order chi connectivity index (χ0) is 11.4. The maximum Gasteiger partial charge on any atom is 0.0912 e. The van der Waals surface area contributed by atoms with Crippen LogP contribution in [0.3, 0.4) is 0 Å². The summed E-state index contributed by atoms with van der Waals surface area (Å²) in [5, 5.41) is 4.22. The van der Waals surface area contributed by atoms with E-state index in [1.165, 1.54) is 9.13 Å². The number of aryl methyl sites for hydroxylation is 1. The Balaban J connectivity index is 2.22. The number of hydrogen-bond donors (Lipinski definition) is 0. The van der Waals surface area contributed by atoms with Gasteiger partial charge >= 0.3 is 0 Å². The third kappa shape index (κ3) is 2.61. The topological polar surface area (TPSA) is 17.8 Å². The van der Waals surface area contributed by atoms with Gasteiger partial charge in [-0.3, -0.25) is 9.07 Å². The highest BCUT2D eigenvalue weighted by Crippen LogP contribution is 2.24. The van der Waals surface area contributed by atoms with Crippen LogP contribution in [-0.2, 0) is 6.54 Å². The van der Waals surface area contributed by atoms with E-state index in [1.807, 2.05) is 24.5 Å². The molecule has 1 aromatic heterocycles. The maximum absolute atomic E-state index is 12.0. The lowest BCUT2D eigenvalue weighted by atomic mass is 10.1. The molecule has 0 aliphatic heterocycles. The highest BCUT2D eigenvalue weighted by atomic mass is 127. The van der Waals surface area contributed by atoms with Gasteiger partial charge in [0.25, 0.3) is 0 Å². The Hall–Kier alpha value is -0.910. The molecule has 0 aliphatic rings. The van der Waals surface area contributed by atoms with Crippen molar-refractivity contribution >= 4 is 22.6 Å². The molecule has 2 nitrogen and oxygen atoms in total. The van der Waals surface area contributed by atoms with E-state index in [4.69, 9.17) is 0 Å². The lowest BCUT2D eigenvalue weighted by Crippen LogP contribution is -1.98. The van der Waals surface area contributed by atoms with Gasteiger partial charge in [0.2, 0.25) is 0 Å². The number of halogens is 2. The molecule has 0 spiro atoms. The van der Waals surface area contributed by atoms with E-state index >= 15 is 0 Å². The van der Waals surface area contributed by atoms with Gasteiger partial charge in [0.15, 0.2) is 0 Å². The summed E-state index contributed by atoms with van der Waals surface area (Å²) in [5.74, 6) is 0. The molecule has 1 heterocycles. The van der Waals surface area contributed by atoms with E-state index < -0.39 is 0 Å². The average Bonchev–Trinajstić information content (AvgIpc) is 2.75. The lowest BCUT2D eigenvalue weighted by Gasteiger charge is -2.00. The molecule has 0 bridgehead atoms. The van der Waals surface area contributed by atoms with E-state index in [2.05, 4.69) is 39.8 Å². The fraction of sp³-hybridized carbons (Fsp3) is 0.250. The van der Waals surface area contributed by atoms with Crippen molar-refractivity contribution in [3.05, 3.63) is 40.2 Å². The molecule has 2 rings (SSSR count). The monoisotopic (exact) mass is 330 g/mol. The van der Waals surface area contributed by atoms with Crippen molar-refractivity contribution in [2.24, 2.45) is 0 Å². The smallest absolute Gasteiger partial charge is 0.0912 e. The van der Waals surface area contributed by atoms with Gasteiger partial charge in [0.05, 0.1) is 12.9 Å². The first-order chi connectivity index (χ1) is 7.81. The second-order valence-corrected chi connectivity index (χ2v) is 4.68. The first-order valence-corrected chi connectivity index (χ1v) is 6.22. The SMILES string of the molecule is FCCCn1cc(-c2ccccc2I)cn1. The Bertz CT molecular complexity index is 468. The van der Waals surface area contributed by atoms with Gasteiger partial charge in [0.1, 0.15) is 0 Å². The van der Waals surface area contributed by atoms with E-state index in [-0.39, 0.29) is 6.67 Å². The molecule has 0 N–H and O–H groups in total. The highest BCUT2D eigenvalue weighted by molar-refractivity contribution is 14.1. The van der Waals surface area contributed by atoms with Crippen LogP contribution < -0.4 is 0 Å². The lowest BCUT2D eigenvalue weighted by molar-refractivity contribution is 0.435. The summed E-state index contributed by atoms with van der Waals surface area (Å²) in [7, 11) is 0. The molecule has 0 amide bonds.